The molecule has 0 bridgehead atoms. The molecular weight excluding hydrogens is 234 g/mol. The monoisotopic (exact) mass is 251 g/mol. The van der Waals surface area contributed by atoms with Crippen LogP contribution >= 0.6 is 0 Å². The van der Waals surface area contributed by atoms with E-state index in [0.717, 1.165) is 5.56 Å². The maximum absolute atomic E-state index is 11.6. The van der Waals surface area contributed by atoms with Crippen LogP contribution in [0, 0.1) is 5.92 Å². The van der Waals surface area contributed by atoms with E-state index in [2.05, 4.69) is 10.4 Å². The molecule has 98 valence electrons. The van der Waals surface area contributed by atoms with Gasteiger partial charge >= 0.3 is 5.97 Å². The Hall–Kier alpha value is -2.11. The second-order valence-electron chi connectivity index (χ2n) is 4.35. The molecule has 0 aliphatic carbocycles. The molecule has 6 heteroatoms. The first-order chi connectivity index (χ1) is 8.40. The van der Waals surface area contributed by atoms with Gasteiger partial charge < -0.3 is 10.4 Å². The molecule has 0 aromatic carbocycles. The molecule has 1 atom stereocenters. The van der Waals surface area contributed by atoms with Gasteiger partial charge in [0.2, 0.25) is 5.91 Å². The van der Waals surface area contributed by atoms with Crippen molar-refractivity contribution in [3.05, 3.63) is 24.0 Å². The molecule has 0 spiro atoms. The highest BCUT2D eigenvalue weighted by Crippen LogP contribution is 2.03. The lowest BCUT2D eigenvalue weighted by molar-refractivity contribution is -0.142. The largest absolute Gasteiger partial charge is 0.480 e. The van der Waals surface area contributed by atoms with Gasteiger partial charge in [-0.15, -0.1) is 0 Å². The fourth-order valence-corrected chi connectivity index (χ4v) is 1.41. The first kappa shape index (κ1) is 14.0. The standard InChI is InChI=1S/C12H17N3O3/c1-8(2)11(12(17)18)14-10(16)5-4-9-6-13-15(3)7-9/h4-8,11H,1-3H3,(H,14,16)(H,17,18)/b5-4+. The zero-order valence-electron chi connectivity index (χ0n) is 10.6. The van der Waals surface area contributed by atoms with Crippen molar-refractivity contribution in [1.29, 1.82) is 0 Å². The Labute approximate surface area is 105 Å². The van der Waals surface area contributed by atoms with Crippen LogP contribution in [-0.2, 0) is 16.6 Å². The minimum atomic E-state index is -1.03. The second kappa shape index (κ2) is 6.00. The lowest BCUT2D eigenvalue weighted by Gasteiger charge is -2.16. The summed E-state index contributed by atoms with van der Waals surface area (Å²) < 4.78 is 1.62. The van der Waals surface area contributed by atoms with E-state index in [-0.39, 0.29) is 5.92 Å². The van der Waals surface area contributed by atoms with Crippen LogP contribution < -0.4 is 5.32 Å². The highest BCUT2D eigenvalue weighted by Gasteiger charge is 2.22. The molecule has 0 fully saturated rings. The molecule has 1 amide bonds. The topological polar surface area (TPSA) is 84.2 Å². The van der Waals surface area contributed by atoms with Gasteiger partial charge in [0.1, 0.15) is 6.04 Å². The summed E-state index contributed by atoms with van der Waals surface area (Å²) in [5.74, 6) is -1.63. The highest BCUT2D eigenvalue weighted by molar-refractivity contribution is 5.94. The lowest BCUT2D eigenvalue weighted by Crippen LogP contribution is -2.43. The molecule has 1 aromatic heterocycles. The van der Waals surface area contributed by atoms with Gasteiger partial charge in [-0.3, -0.25) is 9.48 Å². The van der Waals surface area contributed by atoms with Gasteiger partial charge in [-0.05, 0) is 12.0 Å². The summed E-state index contributed by atoms with van der Waals surface area (Å²) in [7, 11) is 1.77. The zero-order valence-corrected chi connectivity index (χ0v) is 10.6. The fourth-order valence-electron chi connectivity index (χ4n) is 1.41. The van der Waals surface area contributed by atoms with Crippen molar-refractivity contribution in [1.82, 2.24) is 15.1 Å². The van der Waals surface area contributed by atoms with Crippen LogP contribution in [-0.4, -0.2) is 32.8 Å². The van der Waals surface area contributed by atoms with Crippen LogP contribution in [0.2, 0.25) is 0 Å². The van der Waals surface area contributed by atoms with Crippen LogP contribution in [0.3, 0.4) is 0 Å². The Balaban J connectivity index is 2.60. The number of carbonyl (C=O) groups excluding carboxylic acids is 1. The van der Waals surface area contributed by atoms with Crippen molar-refractivity contribution in [3.8, 4) is 0 Å². The number of aliphatic carboxylic acids is 1. The maximum atomic E-state index is 11.6. The molecule has 0 aliphatic rings. The Kier molecular flexibility index (Phi) is 4.65. The molecule has 2 N–H and O–H groups in total. The van der Waals surface area contributed by atoms with Crippen LogP contribution in [0.15, 0.2) is 18.5 Å². The summed E-state index contributed by atoms with van der Waals surface area (Å²) in [5.41, 5.74) is 0.782. The Morgan fingerprint density at radius 3 is 2.61 bits per heavy atom. The molecular formula is C12H17N3O3. The SMILES string of the molecule is CC(C)C(NC(=O)/C=C/c1cnn(C)c1)C(=O)O. The number of aromatic nitrogens is 2. The fraction of sp³-hybridized carbons (Fsp3) is 0.417. The smallest absolute Gasteiger partial charge is 0.326 e. The lowest BCUT2D eigenvalue weighted by atomic mass is 10.0. The van der Waals surface area contributed by atoms with Crippen molar-refractivity contribution in [2.24, 2.45) is 13.0 Å². The van der Waals surface area contributed by atoms with Crippen LogP contribution in [0.1, 0.15) is 19.4 Å². The number of hydrogen-bond acceptors (Lipinski definition) is 3. The number of hydrogen-bond donors (Lipinski definition) is 2. The number of carboxylic acid groups (broad SMARTS) is 1. The van der Waals surface area contributed by atoms with Crippen LogP contribution in [0.25, 0.3) is 6.08 Å². The number of nitrogens with zero attached hydrogens (tertiary/aromatic N) is 2. The first-order valence-electron chi connectivity index (χ1n) is 5.60. The summed E-state index contributed by atoms with van der Waals surface area (Å²) in [6.45, 7) is 3.48. The van der Waals surface area contributed by atoms with Gasteiger partial charge in [-0.2, -0.15) is 5.10 Å². The van der Waals surface area contributed by atoms with E-state index in [1.54, 1.807) is 44.0 Å². The number of carbonyl (C=O) groups is 2. The summed E-state index contributed by atoms with van der Waals surface area (Å²) in [6.07, 6.45) is 6.25. The molecule has 1 heterocycles. The van der Waals surface area contributed by atoms with E-state index in [4.69, 9.17) is 5.11 Å². The second-order valence-corrected chi connectivity index (χ2v) is 4.35. The molecule has 0 saturated carbocycles. The molecule has 0 radical (unpaired) electrons. The van der Waals surface area contributed by atoms with E-state index >= 15 is 0 Å². The van der Waals surface area contributed by atoms with Crippen molar-refractivity contribution in [3.63, 3.8) is 0 Å². The van der Waals surface area contributed by atoms with Crippen molar-refractivity contribution in [2.45, 2.75) is 19.9 Å². The van der Waals surface area contributed by atoms with Crippen LogP contribution in [0.5, 0.6) is 0 Å². The van der Waals surface area contributed by atoms with Gasteiger partial charge in [-0.1, -0.05) is 13.8 Å². The zero-order chi connectivity index (χ0) is 13.7. The minimum Gasteiger partial charge on any atom is -0.480 e. The molecule has 6 nitrogen and oxygen atoms in total. The van der Waals surface area contributed by atoms with E-state index in [9.17, 15) is 9.59 Å². The highest BCUT2D eigenvalue weighted by atomic mass is 16.4. The van der Waals surface area contributed by atoms with Crippen molar-refractivity contribution < 1.29 is 14.7 Å². The molecule has 0 saturated heterocycles. The molecule has 0 aliphatic heterocycles. The summed E-state index contributed by atoms with van der Waals surface area (Å²) in [5, 5.41) is 15.3. The summed E-state index contributed by atoms with van der Waals surface area (Å²) in [4.78, 5) is 22.5. The van der Waals surface area contributed by atoms with E-state index in [1.807, 2.05) is 0 Å². The predicted molar refractivity (Wildman–Crippen MR) is 66.6 cm³/mol. The Bertz CT molecular complexity index is 463. The van der Waals surface area contributed by atoms with Crippen molar-refractivity contribution in [2.75, 3.05) is 0 Å². The normalized spacial score (nSPS) is 12.9. The van der Waals surface area contributed by atoms with E-state index < -0.39 is 17.9 Å². The van der Waals surface area contributed by atoms with E-state index in [0.29, 0.717) is 0 Å². The molecule has 18 heavy (non-hydrogen) atoms. The van der Waals surface area contributed by atoms with E-state index in [1.165, 1.54) is 6.08 Å². The van der Waals surface area contributed by atoms with Crippen LogP contribution in [0.4, 0.5) is 0 Å². The van der Waals surface area contributed by atoms with Gasteiger partial charge in [-0.25, -0.2) is 4.79 Å². The number of aryl methyl sites for hydroxylation is 1. The quantitative estimate of drug-likeness (QED) is 0.753. The van der Waals surface area contributed by atoms with Gasteiger partial charge in [0.15, 0.2) is 0 Å². The minimum absolute atomic E-state index is 0.168. The van der Waals surface area contributed by atoms with Gasteiger partial charge in [0.25, 0.3) is 0 Å². The number of rotatable bonds is 5. The third-order valence-corrected chi connectivity index (χ3v) is 2.38. The average Bonchev–Trinajstić information content (AvgIpc) is 2.68. The first-order valence-corrected chi connectivity index (χ1v) is 5.60. The molecule has 1 aromatic rings. The number of amides is 1. The molecule has 1 rings (SSSR count). The Morgan fingerprint density at radius 1 is 1.50 bits per heavy atom. The van der Waals surface area contributed by atoms with Crippen molar-refractivity contribution >= 4 is 18.0 Å². The Morgan fingerprint density at radius 2 is 2.17 bits per heavy atom. The van der Waals surface area contributed by atoms with Gasteiger partial charge in [0.05, 0.1) is 6.20 Å². The third kappa shape index (κ3) is 4.04. The molecule has 1 unspecified atom stereocenters. The van der Waals surface area contributed by atoms with Gasteiger partial charge in [0, 0.05) is 24.9 Å². The summed E-state index contributed by atoms with van der Waals surface area (Å²) >= 11 is 0. The third-order valence-electron chi connectivity index (χ3n) is 2.38. The predicted octanol–water partition coefficient (Wildman–Crippen LogP) is 0.659. The maximum Gasteiger partial charge on any atom is 0.326 e. The summed E-state index contributed by atoms with van der Waals surface area (Å²) in [6, 6.07) is -0.879. The average molecular weight is 251 g/mol. The number of nitrogens with one attached hydrogen (secondary N) is 1. The number of carboxylic acids is 1.